The summed E-state index contributed by atoms with van der Waals surface area (Å²) in [4.78, 5) is 2.47. The molecule has 0 radical (unpaired) electrons. The summed E-state index contributed by atoms with van der Waals surface area (Å²) in [5, 5.41) is 2.27. The molecule has 0 saturated heterocycles. The Morgan fingerprint density at radius 3 is 1.75 bits per heavy atom. The summed E-state index contributed by atoms with van der Waals surface area (Å²) in [6, 6.07) is 53.9. The topological polar surface area (TPSA) is 16.4 Å². The highest BCUT2D eigenvalue weighted by atomic mass is 16.3. The smallest absolute Gasteiger partial charge is 0.159 e. The molecule has 0 bridgehead atoms. The fraction of sp³-hybridized carbons (Fsp3) is 0.0476. The molecule has 0 saturated carbocycles. The normalized spacial score (nSPS) is 14.5. The molecule has 44 heavy (non-hydrogen) atoms. The Morgan fingerprint density at radius 2 is 1.11 bits per heavy atom. The van der Waals surface area contributed by atoms with Crippen molar-refractivity contribution in [1.29, 1.82) is 0 Å². The molecule has 7 aromatic rings. The molecule has 1 atom stereocenters. The van der Waals surface area contributed by atoms with Crippen LogP contribution in [-0.2, 0) is 0 Å². The van der Waals surface area contributed by atoms with Crippen LogP contribution in [0.25, 0.3) is 49.8 Å². The molecule has 1 aromatic heterocycles. The molecule has 1 aliphatic carbocycles. The maximum absolute atomic E-state index is 6.62. The summed E-state index contributed by atoms with van der Waals surface area (Å²) < 4.78 is 6.62. The lowest BCUT2D eigenvalue weighted by Crippen LogP contribution is -2.30. The monoisotopic (exact) mass is 565 g/mol. The van der Waals surface area contributed by atoms with Gasteiger partial charge in [-0.1, -0.05) is 140 Å². The highest BCUT2D eigenvalue weighted by molar-refractivity contribution is 6.09. The number of para-hydroxylation sites is 2. The third-order valence-electron chi connectivity index (χ3n) is 8.57. The van der Waals surface area contributed by atoms with Crippen LogP contribution in [0.15, 0.2) is 174 Å². The van der Waals surface area contributed by atoms with Crippen molar-refractivity contribution in [2.75, 3.05) is 4.90 Å². The van der Waals surface area contributed by atoms with Gasteiger partial charge in [0.15, 0.2) is 5.58 Å². The van der Waals surface area contributed by atoms with Gasteiger partial charge in [-0.3, -0.25) is 0 Å². The molecule has 0 amide bonds. The molecule has 8 rings (SSSR count). The van der Waals surface area contributed by atoms with Gasteiger partial charge in [0, 0.05) is 16.5 Å². The first-order valence-electron chi connectivity index (χ1n) is 15.2. The highest BCUT2D eigenvalue weighted by Crippen LogP contribution is 2.43. The van der Waals surface area contributed by atoms with Gasteiger partial charge in [0.1, 0.15) is 5.58 Å². The van der Waals surface area contributed by atoms with Gasteiger partial charge in [0.25, 0.3) is 0 Å². The van der Waals surface area contributed by atoms with Gasteiger partial charge in [-0.25, -0.2) is 0 Å². The Bertz CT molecular complexity index is 2080. The first kappa shape index (κ1) is 26.1. The van der Waals surface area contributed by atoms with Crippen molar-refractivity contribution >= 4 is 38.9 Å². The van der Waals surface area contributed by atoms with E-state index in [2.05, 4.69) is 169 Å². The molecule has 1 unspecified atom stereocenters. The van der Waals surface area contributed by atoms with Crippen molar-refractivity contribution in [3.8, 4) is 22.3 Å². The van der Waals surface area contributed by atoms with Crippen LogP contribution in [0.4, 0.5) is 11.4 Å². The van der Waals surface area contributed by atoms with Crippen molar-refractivity contribution in [2.45, 2.75) is 12.5 Å². The van der Waals surface area contributed by atoms with E-state index in [1.807, 2.05) is 6.07 Å². The summed E-state index contributed by atoms with van der Waals surface area (Å²) in [5.74, 6) is 0. The predicted octanol–water partition coefficient (Wildman–Crippen LogP) is 11.5. The van der Waals surface area contributed by atoms with E-state index in [0.29, 0.717) is 0 Å². The lowest BCUT2D eigenvalue weighted by Gasteiger charge is -2.34. The highest BCUT2D eigenvalue weighted by Gasteiger charge is 2.25. The lowest BCUT2D eigenvalue weighted by atomic mass is 9.94. The Balaban J connectivity index is 1.34. The summed E-state index contributed by atoms with van der Waals surface area (Å²) in [5.41, 5.74) is 11.3. The Hall–Kier alpha value is -5.60. The number of hydrogen-bond acceptors (Lipinski definition) is 2. The average molecular weight is 566 g/mol. The zero-order valence-corrected chi connectivity index (χ0v) is 24.3. The van der Waals surface area contributed by atoms with Crippen molar-refractivity contribution in [3.05, 3.63) is 175 Å². The van der Waals surface area contributed by atoms with Gasteiger partial charge in [-0.05, 0) is 70.1 Å². The number of furan rings is 1. The minimum Gasteiger partial charge on any atom is -0.454 e. The second kappa shape index (κ2) is 11.2. The Labute approximate surface area is 257 Å². The van der Waals surface area contributed by atoms with Crippen molar-refractivity contribution < 1.29 is 4.42 Å². The molecular weight excluding hydrogens is 534 g/mol. The SMILES string of the molecule is C1=CC(N(c2cc(-c3ccccc3)cc(-c3ccccc3)c2)c2cccc3c2oc2ccccc23)CC=C1c1ccccc1. The van der Waals surface area contributed by atoms with Gasteiger partial charge in [-0.15, -0.1) is 0 Å². The van der Waals surface area contributed by atoms with E-state index in [0.717, 1.165) is 39.7 Å². The lowest BCUT2D eigenvalue weighted by molar-refractivity contribution is 0.664. The van der Waals surface area contributed by atoms with Crippen LogP contribution >= 0.6 is 0 Å². The van der Waals surface area contributed by atoms with E-state index in [4.69, 9.17) is 4.42 Å². The standard InChI is InChI=1S/C42H31NO/c1-4-13-30(14-5-1)33-23-25-36(26-24-33)43(40-21-12-20-39-38-19-10-11-22-41(38)44-42(39)40)37-28-34(31-15-6-2-7-16-31)27-35(29-37)32-17-8-3-9-18-32/h1-25,27-29,36H,26H2. The van der Waals surface area contributed by atoms with Crippen LogP contribution in [-0.4, -0.2) is 6.04 Å². The number of allylic oxidation sites excluding steroid dienone is 2. The fourth-order valence-corrected chi connectivity index (χ4v) is 6.42. The zero-order chi connectivity index (χ0) is 29.3. The van der Waals surface area contributed by atoms with E-state index in [1.165, 1.54) is 33.4 Å². The molecule has 0 aliphatic heterocycles. The first-order chi connectivity index (χ1) is 21.8. The number of anilines is 2. The van der Waals surface area contributed by atoms with Gasteiger partial charge in [0.2, 0.25) is 0 Å². The van der Waals surface area contributed by atoms with Gasteiger partial charge < -0.3 is 9.32 Å². The molecule has 2 heteroatoms. The van der Waals surface area contributed by atoms with E-state index in [-0.39, 0.29) is 6.04 Å². The number of rotatable bonds is 6. The van der Waals surface area contributed by atoms with Gasteiger partial charge in [0.05, 0.1) is 11.7 Å². The number of hydrogen-bond donors (Lipinski definition) is 0. The number of fused-ring (bicyclic) bond motifs is 3. The number of nitrogens with zero attached hydrogens (tertiary/aromatic N) is 1. The fourth-order valence-electron chi connectivity index (χ4n) is 6.42. The second-order valence-corrected chi connectivity index (χ2v) is 11.3. The second-order valence-electron chi connectivity index (χ2n) is 11.3. The van der Waals surface area contributed by atoms with Crippen LogP contribution in [0.5, 0.6) is 0 Å². The van der Waals surface area contributed by atoms with Crippen LogP contribution in [0.2, 0.25) is 0 Å². The van der Waals surface area contributed by atoms with E-state index in [9.17, 15) is 0 Å². The molecular formula is C42H31NO. The Kier molecular flexibility index (Phi) is 6.66. The third-order valence-corrected chi connectivity index (χ3v) is 8.57. The predicted molar refractivity (Wildman–Crippen MR) is 185 cm³/mol. The summed E-state index contributed by atoms with van der Waals surface area (Å²) in [6.07, 6.45) is 7.86. The van der Waals surface area contributed by atoms with Crippen LogP contribution in [0.1, 0.15) is 12.0 Å². The number of benzene rings is 6. The average Bonchev–Trinajstić information content (AvgIpc) is 3.49. The third kappa shape index (κ3) is 4.81. The minimum absolute atomic E-state index is 0.0934. The first-order valence-corrected chi connectivity index (χ1v) is 15.2. The molecule has 6 aromatic carbocycles. The summed E-state index contributed by atoms with van der Waals surface area (Å²) >= 11 is 0. The molecule has 1 heterocycles. The summed E-state index contributed by atoms with van der Waals surface area (Å²) in [6.45, 7) is 0. The molecule has 2 nitrogen and oxygen atoms in total. The van der Waals surface area contributed by atoms with Gasteiger partial charge in [-0.2, -0.15) is 0 Å². The maximum atomic E-state index is 6.62. The zero-order valence-electron chi connectivity index (χ0n) is 24.3. The van der Waals surface area contributed by atoms with Crippen molar-refractivity contribution in [2.24, 2.45) is 0 Å². The van der Waals surface area contributed by atoms with Crippen molar-refractivity contribution in [3.63, 3.8) is 0 Å². The molecule has 0 N–H and O–H groups in total. The van der Waals surface area contributed by atoms with E-state index >= 15 is 0 Å². The molecule has 0 fully saturated rings. The molecule has 0 spiro atoms. The van der Waals surface area contributed by atoms with Gasteiger partial charge >= 0.3 is 0 Å². The molecule has 1 aliphatic rings. The largest absolute Gasteiger partial charge is 0.454 e. The van der Waals surface area contributed by atoms with E-state index in [1.54, 1.807) is 0 Å². The Morgan fingerprint density at radius 1 is 0.523 bits per heavy atom. The summed E-state index contributed by atoms with van der Waals surface area (Å²) in [7, 11) is 0. The van der Waals surface area contributed by atoms with Crippen LogP contribution < -0.4 is 4.90 Å². The van der Waals surface area contributed by atoms with Crippen molar-refractivity contribution in [1.82, 2.24) is 0 Å². The molecule has 210 valence electrons. The maximum Gasteiger partial charge on any atom is 0.159 e. The van der Waals surface area contributed by atoms with E-state index < -0.39 is 0 Å². The quantitative estimate of drug-likeness (QED) is 0.199. The van der Waals surface area contributed by atoms with Crippen LogP contribution in [0.3, 0.4) is 0 Å². The minimum atomic E-state index is 0.0934. The van der Waals surface area contributed by atoms with Crippen LogP contribution in [0, 0.1) is 0 Å².